The number of hydrogen-bond acceptors (Lipinski definition) is 2. The lowest BCUT2D eigenvalue weighted by Gasteiger charge is -2.27. The molecule has 53 heavy (non-hydrogen) atoms. The first-order valence-electron chi connectivity index (χ1n) is 18.3. The third-order valence-corrected chi connectivity index (χ3v) is 11.1. The number of hydrogen-bond donors (Lipinski definition) is 0. The Hall–Kier alpha value is -6.64. The maximum Gasteiger partial charge on any atom is 0.136 e. The van der Waals surface area contributed by atoms with Crippen molar-refractivity contribution in [3.8, 4) is 44.5 Å². The molecule has 9 aromatic rings. The summed E-state index contributed by atoms with van der Waals surface area (Å²) in [7, 11) is 0. The van der Waals surface area contributed by atoms with Crippen LogP contribution < -0.4 is 4.90 Å². The molecular formula is C51H37NO. The van der Waals surface area contributed by atoms with Crippen LogP contribution in [0.2, 0.25) is 0 Å². The molecule has 1 aliphatic rings. The Morgan fingerprint density at radius 2 is 0.943 bits per heavy atom. The molecular weight excluding hydrogens is 643 g/mol. The summed E-state index contributed by atoms with van der Waals surface area (Å²) in [5.74, 6) is 0. The van der Waals surface area contributed by atoms with Crippen molar-refractivity contribution in [3.63, 3.8) is 0 Å². The molecule has 0 N–H and O–H groups in total. The third-order valence-electron chi connectivity index (χ3n) is 11.1. The van der Waals surface area contributed by atoms with Crippen LogP contribution in [0.25, 0.3) is 66.4 Å². The molecule has 1 heterocycles. The van der Waals surface area contributed by atoms with Crippen LogP contribution in [0.4, 0.5) is 17.1 Å². The van der Waals surface area contributed by atoms with Gasteiger partial charge in [0.2, 0.25) is 0 Å². The third kappa shape index (κ3) is 5.18. The molecule has 0 bridgehead atoms. The van der Waals surface area contributed by atoms with Crippen LogP contribution in [0.1, 0.15) is 25.0 Å². The van der Waals surface area contributed by atoms with Crippen molar-refractivity contribution in [3.05, 3.63) is 199 Å². The van der Waals surface area contributed by atoms with Crippen LogP contribution >= 0.6 is 0 Å². The minimum Gasteiger partial charge on any atom is -0.456 e. The van der Waals surface area contributed by atoms with Gasteiger partial charge in [0.25, 0.3) is 0 Å². The van der Waals surface area contributed by atoms with E-state index in [2.05, 4.69) is 195 Å². The molecule has 2 heteroatoms. The molecule has 1 aromatic heterocycles. The van der Waals surface area contributed by atoms with Crippen molar-refractivity contribution in [2.75, 3.05) is 4.90 Å². The Balaban J connectivity index is 1.10. The van der Waals surface area contributed by atoms with E-state index in [9.17, 15) is 0 Å². The molecule has 0 fully saturated rings. The van der Waals surface area contributed by atoms with Gasteiger partial charge in [-0.15, -0.1) is 0 Å². The van der Waals surface area contributed by atoms with Crippen LogP contribution in [0.15, 0.2) is 192 Å². The Labute approximate surface area is 310 Å². The minimum atomic E-state index is -0.112. The predicted octanol–water partition coefficient (Wildman–Crippen LogP) is 14.4. The van der Waals surface area contributed by atoms with Crippen LogP contribution in [0, 0.1) is 0 Å². The molecule has 0 amide bonds. The first-order valence-corrected chi connectivity index (χ1v) is 18.3. The van der Waals surface area contributed by atoms with Crippen LogP contribution in [0.3, 0.4) is 0 Å². The van der Waals surface area contributed by atoms with Crippen molar-refractivity contribution < 1.29 is 4.42 Å². The second kappa shape index (κ2) is 12.3. The second-order valence-electron chi connectivity index (χ2n) is 14.6. The van der Waals surface area contributed by atoms with Crippen molar-refractivity contribution in [2.45, 2.75) is 19.3 Å². The van der Waals surface area contributed by atoms with Crippen LogP contribution in [-0.2, 0) is 5.41 Å². The maximum absolute atomic E-state index is 6.24. The van der Waals surface area contributed by atoms with E-state index in [1.165, 1.54) is 44.5 Å². The molecule has 0 atom stereocenters. The lowest BCUT2D eigenvalue weighted by atomic mass is 9.82. The average molecular weight is 680 g/mol. The minimum absolute atomic E-state index is 0.112. The number of furan rings is 1. The molecule has 252 valence electrons. The average Bonchev–Trinajstić information content (AvgIpc) is 3.70. The highest BCUT2D eigenvalue weighted by Crippen LogP contribution is 2.53. The van der Waals surface area contributed by atoms with Gasteiger partial charge in [0.05, 0.1) is 0 Å². The Morgan fingerprint density at radius 3 is 1.66 bits per heavy atom. The van der Waals surface area contributed by atoms with Gasteiger partial charge in [0.1, 0.15) is 11.2 Å². The number of nitrogens with zero attached hydrogens (tertiary/aromatic N) is 1. The van der Waals surface area contributed by atoms with E-state index in [-0.39, 0.29) is 5.41 Å². The van der Waals surface area contributed by atoms with Gasteiger partial charge >= 0.3 is 0 Å². The molecule has 0 saturated carbocycles. The van der Waals surface area contributed by atoms with Gasteiger partial charge in [-0.1, -0.05) is 147 Å². The summed E-state index contributed by atoms with van der Waals surface area (Å²) < 4.78 is 6.24. The Bertz CT molecular complexity index is 2780. The van der Waals surface area contributed by atoms with Crippen LogP contribution in [-0.4, -0.2) is 0 Å². The van der Waals surface area contributed by atoms with Crippen molar-refractivity contribution >= 4 is 39.0 Å². The summed E-state index contributed by atoms with van der Waals surface area (Å²) in [5, 5.41) is 2.29. The summed E-state index contributed by atoms with van der Waals surface area (Å²) in [5.41, 5.74) is 17.6. The van der Waals surface area contributed by atoms with Gasteiger partial charge in [0.15, 0.2) is 0 Å². The molecule has 0 unspecified atom stereocenters. The van der Waals surface area contributed by atoms with E-state index < -0.39 is 0 Å². The summed E-state index contributed by atoms with van der Waals surface area (Å²) in [6.07, 6.45) is 0. The quantitative estimate of drug-likeness (QED) is 0.174. The molecule has 10 rings (SSSR count). The fourth-order valence-electron chi connectivity index (χ4n) is 8.38. The number of anilines is 3. The topological polar surface area (TPSA) is 16.4 Å². The maximum atomic E-state index is 6.24. The summed E-state index contributed by atoms with van der Waals surface area (Å²) >= 11 is 0. The van der Waals surface area contributed by atoms with E-state index >= 15 is 0 Å². The fraction of sp³-hybridized carbons (Fsp3) is 0.0588. The predicted molar refractivity (Wildman–Crippen MR) is 222 cm³/mol. The monoisotopic (exact) mass is 679 g/mol. The lowest BCUT2D eigenvalue weighted by Crippen LogP contribution is -2.15. The highest BCUT2D eigenvalue weighted by atomic mass is 16.3. The van der Waals surface area contributed by atoms with Gasteiger partial charge in [0, 0.05) is 33.2 Å². The molecule has 8 aromatic carbocycles. The molecule has 0 aliphatic heterocycles. The Kier molecular flexibility index (Phi) is 7.19. The zero-order valence-corrected chi connectivity index (χ0v) is 29.8. The highest BCUT2D eigenvalue weighted by Gasteiger charge is 2.37. The van der Waals surface area contributed by atoms with E-state index in [0.717, 1.165) is 50.1 Å². The molecule has 0 saturated heterocycles. The van der Waals surface area contributed by atoms with E-state index in [0.29, 0.717) is 0 Å². The zero-order chi connectivity index (χ0) is 35.5. The second-order valence-corrected chi connectivity index (χ2v) is 14.6. The van der Waals surface area contributed by atoms with Crippen molar-refractivity contribution in [1.82, 2.24) is 0 Å². The highest BCUT2D eigenvalue weighted by molar-refractivity contribution is 6.06. The standard InChI is InChI=1S/C51H37NO/c1-51(2)46-31-29-41(33-45(46)50-42(17-11-18-47(50)51)37-14-7-4-8-15-37)52(39-25-20-35(21-26-39)34-12-5-3-6-13-34)40-27-22-36(23-28-40)38-24-30-44-43-16-9-10-19-48(43)53-49(44)32-38/h3-33H,1-2H3. The van der Waals surface area contributed by atoms with Gasteiger partial charge in [-0.05, 0) is 110 Å². The molecule has 2 nitrogen and oxygen atoms in total. The normalized spacial score (nSPS) is 12.9. The summed E-state index contributed by atoms with van der Waals surface area (Å²) in [6.45, 7) is 4.71. The fourth-order valence-corrected chi connectivity index (χ4v) is 8.38. The number of fused-ring (bicyclic) bond motifs is 6. The summed E-state index contributed by atoms with van der Waals surface area (Å²) in [6, 6.07) is 67.9. The van der Waals surface area contributed by atoms with E-state index in [1.54, 1.807) is 0 Å². The molecule has 1 aliphatic carbocycles. The Morgan fingerprint density at radius 1 is 0.377 bits per heavy atom. The largest absolute Gasteiger partial charge is 0.456 e. The zero-order valence-electron chi connectivity index (χ0n) is 29.8. The number of para-hydroxylation sites is 1. The van der Waals surface area contributed by atoms with Crippen molar-refractivity contribution in [2.24, 2.45) is 0 Å². The van der Waals surface area contributed by atoms with Gasteiger partial charge < -0.3 is 9.32 Å². The van der Waals surface area contributed by atoms with Gasteiger partial charge in [-0.25, -0.2) is 0 Å². The number of benzene rings is 8. The summed E-state index contributed by atoms with van der Waals surface area (Å²) in [4.78, 5) is 2.39. The smallest absolute Gasteiger partial charge is 0.136 e. The van der Waals surface area contributed by atoms with Gasteiger partial charge in [-0.2, -0.15) is 0 Å². The molecule has 0 spiro atoms. The first-order chi connectivity index (χ1) is 26.0. The van der Waals surface area contributed by atoms with E-state index in [1.807, 2.05) is 12.1 Å². The lowest BCUT2D eigenvalue weighted by molar-refractivity contribution is 0.660. The van der Waals surface area contributed by atoms with Crippen LogP contribution in [0.5, 0.6) is 0 Å². The molecule has 0 radical (unpaired) electrons. The van der Waals surface area contributed by atoms with E-state index in [4.69, 9.17) is 4.42 Å². The van der Waals surface area contributed by atoms with Gasteiger partial charge in [-0.3, -0.25) is 0 Å². The first kappa shape index (κ1) is 31.1. The van der Waals surface area contributed by atoms with Crippen molar-refractivity contribution in [1.29, 1.82) is 0 Å². The SMILES string of the molecule is CC1(C)c2ccc(N(c3ccc(-c4ccccc4)cc3)c3ccc(-c4ccc5c(c4)oc4ccccc45)cc3)cc2-c2c(-c3ccccc3)cccc21. The number of rotatable bonds is 6.